The van der Waals surface area contributed by atoms with E-state index < -0.39 is 18.2 Å². The Kier molecular flexibility index (Phi) is 38.1. The molecule has 6 aromatic rings. The lowest BCUT2D eigenvalue weighted by atomic mass is 9.96. The third kappa shape index (κ3) is 28.0. The number of halogens is 5. The molecule has 6 aliphatic heterocycles. The van der Waals surface area contributed by atoms with E-state index >= 15 is 0 Å². The van der Waals surface area contributed by atoms with Crippen molar-refractivity contribution in [3.05, 3.63) is 220 Å². The molecule has 12 rings (SSSR count). The maximum Gasteiger partial charge on any atom is 0.323 e. The molecule has 0 radical (unpaired) electrons. The van der Waals surface area contributed by atoms with Gasteiger partial charge in [0.1, 0.15) is 36.3 Å². The molecule has 12 atom stereocenters. The third-order valence-corrected chi connectivity index (χ3v) is 22.2. The Morgan fingerprint density at radius 1 is 0.450 bits per heavy atom. The van der Waals surface area contributed by atoms with E-state index in [1.54, 1.807) is 0 Å². The zero-order valence-electron chi connectivity index (χ0n) is 64.3. The minimum Gasteiger partial charge on any atom is -0.468 e. The van der Waals surface area contributed by atoms with E-state index in [1.807, 2.05) is 136 Å². The topological polar surface area (TPSA) is 301 Å². The van der Waals surface area contributed by atoms with Gasteiger partial charge in [0.05, 0.1) is 60.9 Å². The van der Waals surface area contributed by atoms with Crippen molar-refractivity contribution < 1.29 is 67.4 Å². The van der Waals surface area contributed by atoms with E-state index in [0.29, 0.717) is 111 Å². The highest BCUT2D eigenvalue weighted by molar-refractivity contribution is 6.32. The van der Waals surface area contributed by atoms with Gasteiger partial charge in [0.2, 0.25) is 0 Å². The number of aliphatic hydroxyl groups excluding tert-OH is 2. The van der Waals surface area contributed by atoms with Gasteiger partial charge < -0.3 is 49.7 Å². The third-order valence-electron chi connectivity index (χ3n) is 20.4. The second-order valence-electron chi connectivity index (χ2n) is 28.3. The number of methoxy groups -OCH3 is 6. The molecule has 0 saturated carbocycles. The predicted octanol–water partition coefficient (Wildman–Crippen LogP) is 12.1. The number of aliphatic hydroxyl groups is 2. The average Bonchev–Trinajstić information content (AvgIpc) is 1.73. The van der Waals surface area contributed by atoms with E-state index in [4.69, 9.17) is 98.1 Å². The van der Waals surface area contributed by atoms with Crippen LogP contribution in [0.2, 0.25) is 25.1 Å². The Hall–Kier alpha value is -7.46. The van der Waals surface area contributed by atoms with Crippen molar-refractivity contribution in [1.82, 2.24) is 29.8 Å². The number of benzene rings is 6. The summed E-state index contributed by atoms with van der Waals surface area (Å²) in [5.41, 5.74) is 22.2. The van der Waals surface area contributed by atoms with Crippen LogP contribution >= 0.6 is 58.0 Å². The van der Waals surface area contributed by atoms with Crippen LogP contribution in [0, 0.1) is 11.8 Å². The van der Waals surface area contributed by atoms with Gasteiger partial charge in [-0.25, -0.2) is 0 Å². The lowest BCUT2D eigenvalue weighted by Crippen LogP contribution is -2.36. The van der Waals surface area contributed by atoms with Crippen molar-refractivity contribution in [3.8, 4) is 0 Å². The van der Waals surface area contributed by atoms with Gasteiger partial charge in [0.25, 0.3) is 0 Å². The second-order valence-corrected chi connectivity index (χ2v) is 30.3. The number of carbonyl (C=O) groups excluding carboxylic acids is 6. The smallest absolute Gasteiger partial charge is 0.323 e. The molecule has 0 bridgehead atoms. The number of carbonyl (C=O) groups is 6. The summed E-state index contributed by atoms with van der Waals surface area (Å²) in [6.07, 6.45) is 6.01. The van der Waals surface area contributed by atoms with Crippen LogP contribution in [-0.4, -0.2) is 213 Å². The van der Waals surface area contributed by atoms with Crippen LogP contribution in [0.3, 0.4) is 0 Å². The van der Waals surface area contributed by atoms with Gasteiger partial charge in [-0.1, -0.05) is 192 Å². The van der Waals surface area contributed by atoms with E-state index in [-0.39, 0.29) is 78.1 Å². The molecule has 0 unspecified atom stereocenters. The quantitative estimate of drug-likeness (QED) is 0.0171. The molecule has 0 aliphatic carbocycles. The maximum atomic E-state index is 12.3. The van der Waals surface area contributed by atoms with Gasteiger partial charge in [0, 0.05) is 121 Å². The Labute approximate surface area is 676 Å². The SMILES string of the molecule is CCc1ccc(CC[C@H]2C[C@@H](C(=O)OC)N(Cc3ccccc3Cl)C2)cc1.COC(=O)[C@@H]1C[C@@H](C)CN1Cc1ccccc1Cl.COC(=O)[C@@H]1C[C@@H](O)CN1.COC(=O)[C@@H]1C[C@@H](O)CN1Cc1ccccc1Cl.COC(=O)[C@@H]1C[C@H](N)CN1Cc1ccccc1Cl.COC(=O)[C@@H]1C[C@H](N=[N+]=[N-])CN1Cc1ccccc1Cl. The van der Waals surface area contributed by atoms with Gasteiger partial charge in [-0.15, -0.1) is 0 Å². The number of β-amino-alcohol motifs (C(OH)–C–C–N with tert-alkyl or cyclic N) is 2. The monoisotopic (exact) mass is 1630 g/mol. The number of ether oxygens (including phenoxy) is 6. The maximum absolute atomic E-state index is 12.3. The summed E-state index contributed by atoms with van der Waals surface area (Å²) in [5, 5.41) is 28.7. The Morgan fingerprint density at radius 2 is 0.802 bits per heavy atom. The van der Waals surface area contributed by atoms with Crippen LogP contribution in [0.15, 0.2) is 151 Å². The highest BCUT2D eigenvalue weighted by atomic mass is 35.5. The van der Waals surface area contributed by atoms with Crippen molar-refractivity contribution in [3.63, 3.8) is 0 Å². The molecule has 6 aliphatic rings. The fourth-order valence-corrected chi connectivity index (χ4v) is 15.5. The molecule has 29 heteroatoms. The van der Waals surface area contributed by atoms with Crippen LogP contribution in [0.1, 0.15) is 97.7 Å². The number of aryl methyl sites for hydroxylation is 2. The first-order chi connectivity index (χ1) is 53.3. The Bertz CT molecular complexity index is 3820. The molecular weight excluding hydrogens is 1530 g/mol. The van der Waals surface area contributed by atoms with E-state index in [9.17, 15) is 33.9 Å². The number of azide groups is 1. The molecular formula is C82H105Cl5N10O14. The minimum absolute atomic E-state index is 0.0107. The summed E-state index contributed by atoms with van der Waals surface area (Å²) in [6.45, 7) is 11.4. The van der Waals surface area contributed by atoms with Crippen LogP contribution in [0.25, 0.3) is 10.4 Å². The molecule has 111 heavy (non-hydrogen) atoms. The lowest BCUT2D eigenvalue weighted by Gasteiger charge is -2.22. The number of esters is 6. The minimum atomic E-state index is -0.489. The van der Waals surface area contributed by atoms with Gasteiger partial charge in [-0.3, -0.25) is 53.3 Å². The van der Waals surface area contributed by atoms with E-state index in [0.717, 1.165) is 83.1 Å². The molecule has 5 N–H and O–H groups in total. The van der Waals surface area contributed by atoms with Crippen LogP contribution in [0.4, 0.5) is 0 Å². The number of likely N-dealkylation sites (tertiary alicyclic amines) is 5. The zero-order valence-corrected chi connectivity index (χ0v) is 68.0. The molecule has 602 valence electrons. The van der Waals surface area contributed by atoms with Crippen LogP contribution in [-0.2, 0) is 103 Å². The molecule has 6 fully saturated rings. The van der Waals surface area contributed by atoms with Crippen LogP contribution in [0.5, 0.6) is 0 Å². The first kappa shape index (κ1) is 90.7. The summed E-state index contributed by atoms with van der Waals surface area (Å²) in [6, 6.07) is 45.2. The number of hydrogen-bond acceptors (Lipinski definition) is 22. The van der Waals surface area contributed by atoms with Crippen LogP contribution < -0.4 is 11.1 Å². The Morgan fingerprint density at radius 3 is 1.19 bits per heavy atom. The molecule has 6 aromatic carbocycles. The largest absolute Gasteiger partial charge is 0.468 e. The molecule has 6 heterocycles. The van der Waals surface area contributed by atoms with Gasteiger partial charge in [0.15, 0.2) is 0 Å². The molecule has 0 aromatic heterocycles. The second kappa shape index (κ2) is 46.7. The fraction of sp³-hybridized carbons (Fsp3) is 0.488. The number of nitrogens with zero attached hydrogens (tertiary/aromatic N) is 8. The van der Waals surface area contributed by atoms with Crippen molar-refractivity contribution in [2.24, 2.45) is 22.7 Å². The number of hydrogen-bond donors (Lipinski definition) is 4. The molecule has 24 nitrogen and oxygen atoms in total. The number of rotatable bonds is 21. The summed E-state index contributed by atoms with van der Waals surface area (Å²) in [7, 11) is 8.38. The van der Waals surface area contributed by atoms with Crippen molar-refractivity contribution in [2.75, 3.05) is 81.9 Å². The summed E-state index contributed by atoms with van der Waals surface area (Å²) in [4.78, 5) is 83.0. The zero-order chi connectivity index (χ0) is 80.7. The van der Waals surface area contributed by atoms with Crippen molar-refractivity contribution in [1.29, 1.82) is 0 Å². The first-order valence-electron chi connectivity index (χ1n) is 37.2. The summed E-state index contributed by atoms with van der Waals surface area (Å²) >= 11 is 30.8. The highest BCUT2D eigenvalue weighted by Crippen LogP contribution is 2.34. The summed E-state index contributed by atoms with van der Waals surface area (Å²) < 4.78 is 28.8. The lowest BCUT2D eigenvalue weighted by molar-refractivity contribution is -0.146. The van der Waals surface area contributed by atoms with Gasteiger partial charge >= 0.3 is 35.8 Å². The van der Waals surface area contributed by atoms with Crippen molar-refractivity contribution >= 4 is 93.8 Å². The Balaban J connectivity index is 0.000000188. The predicted molar refractivity (Wildman–Crippen MR) is 430 cm³/mol. The van der Waals surface area contributed by atoms with E-state index in [2.05, 4.69) is 68.0 Å². The molecule has 0 amide bonds. The number of nitrogens with two attached hydrogens (primary N) is 1. The summed E-state index contributed by atoms with van der Waals surface area (Å²) in [5.74, 6) is -0.430. The average molecular weight is 1630 g/mol. The normalized spacial score (nSPS) is 23.5. The van der Waals surface area contributed by atoms with Gasteiger partial charge in [-0.05, 0) is 132 Å². The fourth-order valence-electron chi connectivity index (χ4n) is 14.6. The standard InChI is InChI=1S/C23H28ClNO2.C14H18ClNO2.C13H15ClN4O2.C13H17ClN2O2.C13H16ClNO3.C6H11NO3/c1-3-17-8-10-18(11-9-17)12-13-19-14-22(23(26)27-2)25(15-19)16-20-6-4-5-7-21(20)24;1-10-7-13(14(17)18-2)16(8-10)9-11-5-3-4-6-12(11)15;1-20-13(19)12-6-10(16-17-15)8-18(12)7-9-4-2-3-5-11(9)14;1-18-13(17)12-6-10(15)8-16(12)7-9-4-2-3-5-11(9)14;1-18-13(17)12-6-10(16)8-15(12)7-9-4-2-3-5-11(9)14;1-10-6(9)5-2-4(8)3-7-5/h4-11,19,22H,3,12-16H2,1-2H3;3-6,10,13H,7-9H2,1-2H3;2-5,10,12H,6-8H2,1H3;2-5,10,12H,6-8,15H2,1H3;2-5,10,12,16H,6-8H2,1H3;4-5,7-8H,2-3H2,1H3/t19-,22-;10-,13+;2*10-,12-;10-,12+;4-,5+/m010011/s1. The molecule has 6 saturated heterocycles. The van der Waals surface area contributed by atoms with E-state index in [1.165, 1.54) is 53.8 Å². The highest BCUT2D eigenvalue weighted by Gasteiger charge is 2.41. The van der Waals surface area contributed by atoms with Gasteiger partial charge in [-0.2, -0.15) is 0 Å². The number of nitrogens with one attached hydrogen (secondary N) is 1. The first-order valence-corrected chi connectivity index (χ1v) is 39.0. The van der Waals surface area contributed by atoms with Crippen molar-refractivity contribution in [2.45, 2.75) is 165 Å². The molecule has 0 spiro atoms.